The monoisotopic (exact) mass is 234 g/mol. The molecule has 0 fully saturated rings. The fourth-order valence-corrected chi connectivity index (χ4v) is 4.20. The molecular formula is C11H6O2S2. The Bertz CT molecular complexity index is 472. The zero-order chi connectivity index (χ0) is 10.4. The Morgan fingerprint density at radius 3 is 1.80 bits per heavy atom. The van der Waals surface area contributed by atoms with Crippen LogP contribution in [-0.2, 0) is 0 Å². The van der Waals surface area contributed by atoms with Crippen LogP contribution in [0.3, 0.4) is 0 Å². The third kappa shape index (κ3) is 1.21. The smallest absolute Gasteiger partial charge is 0.201 e. The predicted molar refractivity (Wildman–Crippen MR) is 62.2 cm³/mol. The molecule has 74 valence electrons. The van der Waals surface area contributed by atoms with E-state index in [4.69, 9.17) is 0 Å². The molecule has 0 radical (unpaired) electrons. The van der Waals surface area contributed by atoms with Gasteiger partial charge in [-0.2, -0.15) is 0 Å². The van der Waals surface area contributed by atoms with Gasteiger partial charge in [0, 0.05) is 16.2 Å². The third-order valence-corrected chi connectivity index (χ3v) is 4.87. The zero-order valence-electron chi connectivity index (χ0n) is 7.65. The lowest BCUT2D eigenvalue weighted by molar-refractivity contribution is 0.0988. The Labute approximate surface area is 95.1 Å². The number of benzene rings is 1. The fraction of sp³-hybridized carbons (Fsp3) is 0.0909. The topological polar surface area (TPSA) is 34.1 Å². The van der Waals surface area contributed by atoms with E-state index in [-0.39, 0.29) is 11.6 Å². The van der Waals surface area contributed by atoms with Gasteiger partial charge in [0.2, 0.25) is 11.6 Å². The quantitative estimate of drug-likeness (QED) is 0.691. The highest BCUT2D eigenvalue weighted by atomic mass is 32.2. The van der Waals surface area contributed by atoms with Crippen LogP contribution in [0.1, 0.15) is 20.7 Å². The highest BCUT2D eigenvalue weighted by Gasteiger charge is 2.35. The molecule has 3 rings (SSSR count). The minimum Gasteiger partial charge on any atom is -0.288 e. The minimum absolute atomic E-state index is 0.00944. The Kier molecular flexibility index (Phi) is 2.00. The Balaban J connectivity index is 2.26. The number of carbonyl (C=O) groups is 2. The molecule has 0 amide bonds. The molecule has 1 aliphatic heterocycles. The van der Waals surface area contributed by atoms with Gasteiger partial charge in [-0.15, -0.1) is 23.5 Å². The van der Waals surface area contributed by atoms with E-state index < -0.39 is 0 Å². The molecule has 1 aromatic rings. The lowest BCUT2D eigenvalue weighted by atomic mass is 9.94. The predicted octanol–water partition coefficient (Wildman–Crippen LogP) is 2.71. The van der Waals surface area contributed by atoms with Crippen molar-refractivity contribution >= 4 is 35.1 Å². The summed E-state index contributed by atoms with van der Waals surface area (Å²) < 4.78 is 0. The van der Waals surface area contributed by atoms with Gasteiger partial charge in [-0.05, 0) is 0 Å². The van der Waals surface area contributed by atoms with E-state index in [1.54, 1.807) is 24.3 Å². The molecule has 4 heteroatoms. The van der Waals surface area contributed by atoms with Gasteiger partial charge in [-0.1, -0.05) is 24.3 Å². The molecule has 2 nitrogen and oxygen atoms in total. The zero-order valence-corrected chi connectivity index (χ0v) is 9.28. The van der Waals surface area contributed by atoms with E-state index in [9.17, 15) is 9.59 Å². The van der Waals surface area contributed by atoms with Crippen LogP contribution >= 0.6 is 23.5 Å². The van der Waals surface area contributed by atoms with E-state index in [2.05, 4.69) is 0 Å². The van der Waals surface area contributed by atoms with Crippen molar-refractivity contribution in [1.82, 2.24) is 0 Å². The van der Waals surface area contributed by atoms with Crippen molar-refractivity contribution in [3.63, 3.8) is 0 Å². The second-order valence-corrected chi connectivity index (χ2v) is 5.61. The lowest BCUT2D eigenvalue weighted by Gasteiger charge is -2.14. The minimum atomic E-state index is 0.00944. The molecule has 0 unspecified atom stereocenters. The van der Waals surface area contributed by atoms with Gasteiger partial charge in [0.15, 0.2) is 0 Å². The second kappa shape index (κ2) is 3.25. The Morgan fingerprint density at radius 2 is 1.33 bits per heavy atom. The third-order valence-electron chi connectivity index (χ3n) is 2.44. The molecule has 2 aliphatic rings. The SMILES string of the molecule is O=C1C2=C(SCS2)C(=O)c2ccccc21. The largest absolute Gasteiger partial charge is 0.288 e. The number of thioether (sulfide) groups is 2. The van der Waals surface area contributed by atoms with E-state index in [0.29, 0.717) is 20.9 Å². The highest BCUT2D eigenvalue weighted by molar-refractivity contribution is 8.23. The van der Waals surface area contributed by atoms with Gasteiger partial charge in [0.25, 0.3) is 0 Å². The summed E-state index contributed by atoms with van der Waals surface area (Å²) in [5.74, 6) is 0.0189. The Hall–Kier alpha value is -1.00. The summed E-state index contributed by atoms with van der Waals surface area (Å²) in [6.45, 7) is 0. The van der Waals surface area contributed by atoms with Crippen molar-refractivity contribution in [2.75, 3.05) is 5.08 Å². The molecule has 0 saturated carbocycles. The summed E-state index contributed by atoms with van der Waals surface area (Å²) in [6.07, 6.45) is 0. The lowest BCUT2D eigenvalue weighted by Crippen LogP contribution is -2.17. The molecular weight excluding hydrogens is 228 g/mol. The van der Waals surface area contributed by atoms with Crippen molar-refractivity contribution in [3.8, 4) is 0 Å². The van der Waals surface area contributed by atoms with Gasteiger partial charge in [-0.3, -0.25) is 9.59 Å². The molecule has 0 aromatic heterocycles. The number of hydrogen-bond donors (Lipinski definition) is 0. The first-order valence-electron chi connectivity index (χ1n) is 4.47. The first-order valence-corrected chi connectivity index (χ1v) is 6.44. The van der Waals surface area contributed by atoms with Crippen molar-refractivity contribution in [3.05, 3.63) is 45.2 Å². The van der Waals surface area contributed by atoms with Crippen molar-refractivity contribution in [1.29, 1.82) is 0 Å². The summed E-state index contributed by atoms with van der Waals surface area (Å²) >= 11 is 2.95. The van der Waals surface area contributed by atoms with E-state index in [1.807, 2.05) is 0 Å². The molecule has 0 N–H and O–H groups in total. The van der Waals surface area contributed by atoms with Crippen LogP contribution in [0.15, 0.2) is 34.1 Å². The maximum Gasteiger partial charge on any atom is 0.201 e. The van der Waals surface area contributed by atoms with Crippen LogP contribution < -0.4 is 0 Å². The van der Waals surface area contributed by atoms with Gasteiger partial charge in [0.1, 0.15) is 0 Å². The number of rotatable bonds is 0. The fourth-order valence-electron chi connectivity index (χ4n) is 1.74. The standard InChI is InChI=1S/C11H6O2S2/c12-8-6-3-1-2-4-7(6)9(13)11-10(8)14-5-15-11/h1-4H,5H2. The first-order chi connectivity index (χ1) is 7.29. The molecule has 15 heavy (non-hydrogen) atoms. The van der Waals surface area contributed by atoms with Crippen LogP contribution in [0.2, 0.25) is 0 Å². The summed E-state index contributed by atoms with van der Waals surface area (Å²) in [5.41, 5.74) is 1.10. The van der Waals surface area contributed by atoms with Crippen molar-refractivity contribution < 1.29 is 9.59 Å². The number of allylic oxidation sites excluding steroid dienone is 2. The van der Waals surface area contributed by atoms with E-state index in [1.165, 1.54) is 23.5 Å². The van der Waals surface area contributed by atoms with Gasteiger partial charge in [0.05, 0.1) is 9.81 Å². The van der Waals surface area contributed by atoms with Gasteiger partial charge < -0.3 is 0 Å². The van der Waals surface area contributed by atoms with Gasteiger partial charge >= 0.3 is 0 Å². The normalized spacial score (nSPS) is 19.2. The van der Waals surface area contributed by atoms with E-state index >= 15 is 0 Å². The molecule has 0 saturated heterocycles. The summed E-state index contributed by atoms with van der Waals surface area (Å²) in [5, 5.41) is 0.774. The summed E-state index contributed by atoms with van der Waals surface area (Å²) in [7, 11) is 0. The maximum absolute atomic E-state index is 12.0. The van der Waals surface area contributed by atoms with Crippen molar-refractivity contribution in [2.45, 2.75) is 0 Å². The number of ketones is 2. The van der Waals surface area contributed by atoms with E-state index in [0.717, 1.165) is 5.08 Å². The average molecular weight is 234 g/mol. The molecule has 1 aliphatic carbocycles. The van der Waals surface area contributed by atoms with Crippen LogP contribution in [0.25, 0.3) is 0 Å². The first kappa shape index (κ1) is 9.24. The average Bonchev–Trinajstić information content (AvgIpc) is 2.75. The Morgan fingerprint density at radius 1 is 0.867 bits per heavy atom. The molecule has 0 bridgehead atoms. The van der Waals surface area contributed by atoms with Crippen LogP contribution in [0.5, 0.6) is 0 Å². The summed E-state index contributed by atoms with van der Waals surface area (Å²) in [6, 6.07) is 7.04. The van der Waals surface area contributed by atoms with Crippen LogP contribution in [-0.4, -0.2) is 16.7 Å². The van der Waals surface area contributed by atoms with Crippen LogP contribution in [0, 0.1) is 0 Å². The van der Waals surface area contributed by atoms with Gasteiger partial charge in [-0.25, -0.2) is 0 Å². The molecule has 1 heterocycles. The maximum atomic E-state index is 12.0. The number of Topliss-reactive ketones (excluding diaryl/α,β-unsaturated/α-hetero) is 2. The molecule has 0 atom stereocenters. The molecule has 1 aromatic carbocycles. The second-order valence-electron chi connectivity index (χ2n) is 3.27. The van der Waals surface area contributed by atoms with Crippen molar-refractivity contribution in [2.24, 2.45) is 0 Å². The molecule has 0 spiro atoms. The number of carbonyl (C=O) groups excluding carboxylic acids is 2. The number of hydrogen-bond acceptors (Lipinski definition) is 4. The summed E-state index contributed by atoms with van der Waals surface area (Å²) in [4.78, 5) is 25.3. The number of fused-ring (bicyclic) bond motifs is 1. The van der Waals surface area contributed by atoms with Crippen LogP contribution in [0.4, 0.5) is 0 Å². The highest BCUT2D eigenvalue weighted by Crippen LogP contribution is 2.45.